The number of likely N-dealkylation sites (N-methyl/N-ethyl adjacent to an activating group) is 1. The van der Waals surface area contributed by atoms with Crippen LogP contribution in [-0.2, 0) is 4.79 Å². The van der Waals surface area contributed by atoms with Gasteiger partial charge >= 0.3 is 0 Å². The molecule has 3 nitrogen and oxygen atoms in total. The second-order valence-corrected chi connectivity index (χ2v) is 4.82. The fraction of sp³-hybridized carbons (Fsp3) is 0.917. The molecule has 3 heteroatoms. The molecule has 1 heterocycles. The van der Waals surface area contributed by atoms with E-state index in [2.05, 4.69) is 12.2 Å². The molecular weight excluding hydrogens is 188 g/mol. The minimum absolute atomic E-state index is 0.116. The molecule has 1 atom stereocenters. The molecule has 1 aliphatic carbocycles. The van der Waals surface area contributed by atoms with Gasteiger partial charge in [-0.15, -0.1) is 0 Å². The lowest BCUT2D eigenvalue weighted by Crippen LogP contribution is -2.46. The summed E-state index contributed by atoms with van der Waals surface area (Å²) in [4.78, 5) is 14.2. The van der Waals surface area contributed by atoms with Crippen molar-refractivity contribution in [1.29, 1.82) is 0 Å². The van der Waals surface area contributed by atoms with Gasteiger partial charge in [0.2, 0.25) is 5.91 Å². The molecule has 2 rings (SSSR count). The summed E-state index contributed by atoms with van der Waals surface area (Å²) < 4.78 is 0. The first-order valence-electron chi connectivity index (χ1n) is 6.33. The van der Waals surface area contributed by atoms with Crippen molar-refractivity contribution in [3.05, 3.63) is 0 Å². The van der Waals surface area contributed by atoms with Crippen LogP contribution in [0, 0.1) is 5.92 Å². The smallest absolute Gasteiger partial charge is 0.239 e. The van der Waals surface area contributed by atoms with Crippen LogP contribution >= 0.6 is 0 Å². The predicted molar refractivity (Wildman–Crippen MR) is 60.6 cm³/mol. The third-order valence-corrected chi connectivity index (χ3v) is 3.76. The molecule has 0 aromatic heterocycles. The number of amides is 1. The normalized spacial score (nSPS) is 26.3. The molecule has 86 valence electrons. The molecule has 2 fully saturated rings. The number of nitrogens with zero attached hydrogens (tertiary/aromatic N) is 1. The quantitative estimate of drug-likeness (QED) is 0.760. The molecule has 0 aromatic carbocycles. The molecule has 0 unspecified atom stereocenters. The summed E-state index contributed by atoms with van der Waals surface area (Å²) in [5, 5.41) is 3.29. The molecule has 0 aromatic rings. The van der Waals surface area contributed by atoms with Crippen LogP contribution in [0.4, 0.5) is 0 Å². The average Bonchev–Trinajstić information content (AvgIpc) is 2.68. The van der Waals surface area contributed by atoms with Crippen molar-refractivity contribution in [1.82, 2.24) is 10.2 Å². The molecule has 2 aliphatic rings. The molecular formula is C12H22N2O. The van der Waals surface area contributed by atoms with E-state index in [0.29, 0.717) is 5.91 Å². The first kappa shape index (κ1) is 10.9. The maximum Gasteiger partial charge on any atom is 0.239 e. The number of hydrogen-bond acceptors (Lipinski definition) is 2. The van der Waals surface area contributed by atoms with Crippen LogP contribution in [0.25, 0.3) is 0 Å². The topological polar surface area (TPSA) is 32.3 Å². The highest BCUT2D eigenvalue weighted by molar-refractivity contribution is 5.82. The third kappa shape index (κ3) is 2.51. The van der Waals surface area contributed by atoms with E-state index in [1.165, 1.54) is 19.3 Å². The highest BCUT2D eigenvalue weighted by atomic mass is 16.2. The zero-order valence-electron chi connectivity index (χ0n) is 9.67. The van der Waals surface area contributed by atoms with Gasteiger partial charge in [0.15, 0.2) is 0 Å². The van der Waals surface area contributed by atoms with E-state index in [1.54, 1.807) is 0 Å². The number of rotatable bonds is 4. The predicted octanol–water partition coefficient (Wildman–Crippen LogP) is 1.39. The number of carbonyl (C=O) groups is 1. The molecule has 1 saturated carbocycles. The van der Waals surface area contributed by atoms with E-state index >= 15 is 0 Å². The van der Waals surface area contributed by atoms with Crippen molar-refractivity contribution in [2.75, 3.05) is 19.6 Å². The Balaban J connectivity index is 1.83. The van der Waals surface area contributed by atoms with Gasteiger partial charge < -0.3 is 10.2 Å². The zero-order chi connectivity index (χ0) is 10.7. The Hall–Kier alpha value is -0.570. The van der Waals surface area contributed by atoms with Gasteiger partial charge in [-0.2, -0.15) is 0 Å². The fourth-order valence-electron chi connectivity index (χ4n) is 2.48. The second-order valence-electron chi connectivity index (χ2n) is 4.82. The van der Waals surface area contributed by atoms with Gasteiger partial charge in [0.05, 0.1) is 6.04 Å². The van der Waals surface area contributed by atoms with E-state index in [0.717, 1.165) is 38.4 Å². The lowest BCUT2D eigenvalue weighted by Gasteiger charge is -2.33. The van der Waals surface area contributed by atoms with Crippen LogP contribution < -0.4 is 5.32 Å². The maximum atomic E-state index is 12.1. The summed E-state index contributed by atoms with van der Waals surface area (Å²) in [6, 6.07) is 0.116. The largest absolute Gasteiger partial charge is 0.341 e. The van der Waals surface area contributed by atoms with Gasteiger partial charge in [-0.25, -0.2) is 0 Å². The zero-order valence-corrected chi connectivity index (χ0v) is 9.67. The highest BCUT2D eigenvalue weighted by Gasteiger charge is 2.28. The first-order valence-corrected chi connectivity index (χ1v) is 6.33. The molecule has 0 spiro atoms. The molecule has 1 N–H and O–H groups in total. The first-order chi connectivity index (χ1) is 7.31. The van der Waals surface area contributed by atoms with E-state index in [9.17, 15) is 4.79 Å². The minimum atomic E-state index is 0.116. The van der Waals surface area contributed by atoms with Gasteiger partial charge in [0.1, 0.15) is 0 Å². The van der Waals surface area contributed by atoms with Gasteiger partial charge in [0, 0.05) is 13.1 Å². The molecule has 15 heavy (non-hydrogen) atoms. The highest BCUT2D eigenvalue weighted by Crippen LogP contribution is 2.27. The van der Waals surface area contributed by atoms with Crippen molar-refractivity contribution >= 4 is 5.91 Å². The van der Waals surface area contributed by atoms with Crippen molar-refractivity contribution in [2.45, 2.75) is 45.1 Å². The van der Waals surface area contributed by atoms with Crippen molar-refractivity contribution < 1.29 is 4.79 Å². The van der Waals surface area contributed by atoms with Gasteiger partial charge in [-0.3, -0.25) is 4.79 Å². The average molecular weight is 210 g/mol. The van der Waals surface area contributed by atoms with Crippen LogP contribution in [0.3, 0.4) is 0 Å². The fourth-order valence-corrected chi connectivity index (χ4v) is 2.48. The van der Waals surface area contributed by atoms with E-state index in [-0.39, 0.29) is 6.04 Å². The summed E-state index contributed by atoms with van der Waals surface area (Å²) in [6.45, 7) is 4.96. The van der Waals surface area contributed by atoms with Crippen LogP contribution in [0.5, 0.6) is 0 Å². The van der Waals surface area contributed by atoms with Crippen LogP contribution in [0.1, 0.15) is 39.0 Å². The Morgan fingerprint density at radius 1 is 1.33 bits per heavy atom. The van der Waals surface area contributed by atoms with E-state index in [4.69, 9.17) is 0 Å². The lowest BCUT2D eigenvalue weighted by atomic mass is 9.85. The number of nitrogens with one attached hydrogen (secondary N) is 1. The summed E-state index contributed by atoms with van der Waals surface area (Å²) in [5.41, 5.74) is 0. The second kappa shape index (κ2) is 4.97. The lowest BCUT2D eigenvalue weighted by molar-refractivity contribution is -0.133. The monoisotopic (exact) mass is 210 g/mol. The van der Waals surface area contributed by atoms with E-state index < -0.39 is 0 Å². The number of carbonyl (C=O) groups excluding carboxylic acids is 1. The molecule has 1 saturated heterocycles. The van der Waals surface area contributed by atoms with Gasteiger partial charge in [-0.1, -0.05) is 6.42 Å². The Labute approximate surface area is 92.2 Å². The van der Waals surface area contributed by atoms with Crippen LogP contribution in [0.15, 0.2) is 0 Å². The molecule has 1 aliphatic heterocycles. The maximum absolute atomic E-state index is 12.1. The Morgan fingerprint density at radius 3 is 2.60 bits per heavy atom. The van der Waals surface area contributed by atoms with Gasteiger partial charge in [-0.05, 0) is 45.1 Å². The SMILES string of the molecule is CCN(CC1CCC1)C(=O)[C@@H]1CCCN1. The standard InChI is InChI=1S/C12H22N2O/c1-2-14(9-10-5-3-6-10)12(15)11-7-4-8-13-11/h10-11,13H,2-9H2,1H3/t11-/m0/s1. The summed E-state index contributed by atoms with van der Waals surface area (Å²) >= 11 is 0. The van der Waals surface area contributed by atoms with Crippen LogP contribution in [-0.4, -0.2) is 36.5 Å². The Bertz CT molecular complexity index is 220. The number of hydrogen-bond donors (Lipinski definition) is 1. The van der Waals surface area contributed by atoms with Crippen molar-refractivity contribution in [2.24, 2.45) is 5.92 Å². The van der Waals surface area contributed by atoms with Crippen LogP contribution in [0.2, 0.25) is 0 Å². The summed E-state index contributed by atoms with van der Waals surface area (Å²) in [7, 11) is 0. The van der Waals surface area contributed by atoms with Crippen molar-refractivity contribution in [3.8, 4) is 0 Å². The molecule has 0 bridgehead atoms. The van der Waals surface area contributed by atoms with Gasteiger partial charge in [0.25, 0.3) is 0 Å². The van der Waals surface area contributed by atoms with E-state index in [1.807, 2.05) is 4.90 Å². The van der Waals surface area contributed by atoms with Crippen molar-refractivity contribution in [3.63, 3.8) is 0 Å². The third-order valence-electron chi connectivity index (χ3n) is 3.76. The Kier molecular flexibility index (Phi) is 3.62. The molecule has 0 radical (unpaired) electrons. The molecule has 1 amide bonds. The Morgan fingerprint density at radius 2 is 2.13 bits per heavy atom. The minimum Gasteiger partial charge on any atom is -0.341 e. The summed E-state index contributed by atoms with van der Waals surface area (Å²) in [6.07, 6.45) is 6.18. The summed E-state index contributed by atoms with van der Waals surface area (Å²) in [5.74, 6) is 1.12.